The lowest BCUT2D eigenvalue weighted by Crippen LogP contribution is -2.70. The highest BCUT2D eigenvalue weighted by atomic mass is 32.2. The molecule has 0 radical (unpaired) electrons. The molecule has 0 bridgehead atoms. The van der Waals surface area contributed by atoms with E-state index in [4.69, 9.17) is 14.3 Å². The van der Waals surface area contributed by atoms with E-state index in [-0.39, 0.29) is 30.6 Å². The maximum atomic E-state index is 17.4. The molecule has 5 rings (SSSR count). The number of halogens is 3. The van der Waals surface area contributed by atoms with Crippen LogP contribution in [0.1, 0.15) is 71.4 Å². The molecular weight excluding hydrogens is 573 g/mol. The lowest BCUT2D eigenvalue weighted by atomic mass is 9.44. The topological polar surface area (TPSA) is 114 Å². The first-order valence-electron chi connectivity index (χ1n) is 14.1. The van der Waals surface area contributed by atoms with Crippen LogP contribution >= 0.6 is 11.8 Å². The summed E-state index contributed by atoms with van der Waals surface area (Å²) < 4.78 is 57.5. The fourth-order valence-electron chi connectivity index (χ4n) is 7.97. The van der Waals surface area contributed by atoms with Crippen LogP contribution in [0.5, 0.6) is 0 Å². The first-order chi connectivity index (χ1) is 19.4. The number of aliphatic hydroxyl groups excluding tert-OH is 1. The van der Waals surface area contributed by atoms with Crippen molar-refractivity contribution in [2.75, 3.05) is 6.01 Å². The van der Waals surface area contributed by atoms with Crippen LogP contribution in [0, 0.1) is 28.6 Å². The second kappa shape index (κ2) is 11.0. The van der Waals surface area contributed by atoms with Crippen molar-refractivity contribution in [3.05, 3.63) is 48.0 Å². The normalized spacial score (nSPS) is 40.6. The number of ether oxygens (including phenoxy) is 1. The molecule has 11 heteroatoms. The van der Waals surface area contributed by atoms with Crippen molar-refractivity contribution in [1.82, 2.24) is 0 Å². The van der Waals surface area contributed by atoms with E-state index in [0.717, 1.165) is 6.08 Å². The third-order valence-electron chi connectivity index (χ3n) is 9.63. The first kappa shape index (κ1) is 32.5. The SMILES string of the molecule is CC(C)(C)O.C[C@@H]1C[C@H]2[C@@H]3C[C@H](F)C4=CC(=O)C=C[C@]4(C)[C@@]3(F)[C@@H](O)C[C@]2(C)[C@@]1(OC(=O)c1ccco1)C(=O)SCF. The van der Waals surface area contributed by atoms with Gasteiger partial charge in [0.25, 0.3) is 0 Å². The number of thioether (sulfide) groups is 1. The van der Waals surface area contributed by atoms with Gasteiger partial charge < -0.3 is 19.4 Å². The molecule has 3 saturated carbocycles. The highest BCUT2D eigenvalue weighted by Crippen LogP contribution is 2.72. The average Bonchev–Trinajstić information content (AvgIpc) is 3.49. The smallest absolute Gasteiger partial charge is 0.375 e. The van der Waals surface area contributed by atoms with E-state index in [1.165, 1.54) is 37.5 Å². The van der Waals surface area contributed by atoms with Crippen LogP contribution in [0.15, 0.2) is 46.6 Å². The molecule has 0 aliphatic heterocycles. The van der Waals surface area contributed by atoms with E-state index in [1.54, 1.807) is 34.6 Å². The number of esters is 1. The highest BCUT2D eigenvalue weighted by molar-refractivity contribution is 8.13. The predicted octanol–water partition coefficient (Wildman–Crippen LogP) is 5.70. The Morgan fingerprint density at radius 3 is 2.43 bits per heavy atom. The molecule has 0 saturated heterocycles. The summed E-state index contributed by atoms with van der Waals surface area (Å²) in [6.07, 6.45) is 1.16. The quantitative estimate of drug-likeness (QED) is 0.416. The Labute approximate surface area is 247 Å². The van der Waals surface area contributed by atoms with Crippen molar-refractivity contribution in [2.45, 2.75) is 90.0 Å². The Balaban J connectivity index is 0.000000748. The number of furan rings is 1. The Morgan fingerprint density at radius 2 is 1.86 bits per heavy atom. The average molecular weight is 613 g/mol. The molecule has 2 N–H and O–H groups in total. The number of alkyl halides is 3. The van der Waals surface area contributed by atoms with Gasteiger partial charge in [0.1, 0.15) is 12.2 Å². The maximum Gasteiger partial charge on any atom is 0.375 e. The summed E-state index contributed by atoms with van der Waals surface area (Å²) in [6.45, 7) is 10.0. The number of aliphatic hydroxyl groups is 2. The van der Waals surface area contributed by atoms with Crippen LogP contribution in [0.2, 0.25) is 0 Å². The van der Waals surface area contributed by atoms with E-state index < -0.39 is 80.6 Å². The van der Waals surface area contributed by atoms with Crippen molar-refractivity contribution >= 4 is 28.6 Å². The second-order valence-corrected chi connectivity index (χ2v) is 14.2. The number of fused-ring (bicyclic) bond motifs is 5. The van der Waals surface area contributed by atoms with Crippen LogP contribution in [0.4, 0.5) is 13.2 Å². The zero-order valence-corrected chi connectivity index (χ0v) is 25.5. The summed E-state index contributed by atoms with van der Waals surface area (Å²) in [5, 5.41) is 19.3. The van der Waals surface area contributed by atoms with E-state index in [2.05, 4.69) is 0 Å². The third-order valence-corrected chi connectivity index (χ3v) is 10.3. The predicted molar refractivity (Wildman–Crippen MR) is 151 cm³/mol. The molecule has 0 unspecified atom stereocenters. The van der Waals surface area contributed by atoms with Gasteiger partial charge in [0.05, 0.1) is 18.0 Å². The van der Waals surface area contributed by atoms with Crippen LogP contribution in [-0.2, 0) is 14.3 Å². The van der Waals surface area contributed by atoms with Crippen molar-refractivity contribution in [2.24, 2.45) is 28.6 Å². The summed E-state index contributed by atoms with van der Waals surface area (Å²) in [5.41, 5.74) is -7.69. The largest absolute Gasteiger partial charge is 0.457 e. The second-order valence-electron chi connectivity index (χ2n) is 13.3. The van der Waals surface area contributed by atoms with Crippen molar-refractivity contribution in [1.29, 1.82) is 0 Å². The number of carbonyl (C=O) groups is 3. The summed E-state index contributed by atoms with van der Waals surface area (Å²) in [6, 6.07) is 1.78. The molecule has 1 heterocycles. The van der Waals surface area contributed by atoms with Crippen LogP contribution in [0.3, 0.4) is 0 Å². The van der Waals surface area contributed by atoms with Crippen LogP contribution in [0.25, 0.3) is 0 Å². The van der Waals surface area contributed by atoms with Gasteiger partial charge in [-0.25, -0.2) is 18.0 Å². The number of hydrogen-bond donors (Lipinski definition) is 2. The van der Waals surface area contributed by atoms with Gasteiger partial charge in [-0.05, 0) is 94.5 Å². The molecule has 0 aromatic carbocycles. The molecule has 7 nitrogen and oxygen atoms in total. The van der Waals surface area contributed by atoms with Crippen molar-refractivity contribution < 1.29 is 46.9 Å². The lowest BCUT2D eigenvalue weighted by Gasteiger charge is -2.63. The number of ketones is 1. The molecule has 0 amide bonds. The fraction of sp³-hybridized carbons (Fsp3) is 0.645. The summed E-state index contributed by atoms with van der Waals surface area (Å²) in [5.74, 6) is -3.98. The van der Waals surface area contributed by atoms with Gasteiger partial charge in [-0.2, -0.15) is 0 Å². The standard InChI is InChI=1S/C27H29F3O6S.C4H10O/c1-14-9-16-17-11-19(29)18-10-15(31)6-7-24(18,2)26(17,30)21(32)12-25(16,3)27(14,23(34)37-13-28)36-22(33)20-5-4-8-35-20;1-4(2,3)5/h4-8,10,14,16-17,19,21,32H,9,11-13H2,1-3H3;5H,1-3H3/t14-,16+,17+,19+,21+,24+,25+,26+,27+;/m1./s1. The Kier molecular flexibility index (Phi) is 8.50. The lowest BCUT2D eigenvalue weighted by molar-refractivity contribution is -0.221. The minimum atomic E-state index is -2.35. The Morgan fingerprint density at radius 1 is 1.21 bits per heavy atom. The molecule has 0 spiro atoms. The molecule has 42 heavy (non-hydrogen) atoms. The minimum Gasteiger partial charge on any atom is -0.457 e. The molecule has 4 aliphatic rings. The zero-order chi connectivity index (χ0) is 31.5. The number of rotatable bonds is 4. The van der Waals surface area contributed by atoms with Gasteiger partial charge in [0.2, 0.25) is 10.9 Å². The van der Waals surface area contributed by atoms with Gasteiger partial charge in [-0.15, -0.1) is 0 Å². The van der Waals surface area contributed by atoms with E-state index in [0.29, 0.717) is 11.8 Å². The van der Waals surface area contributed by atoms with Gasteiger partial charge in [0.15, 0.2) is 17.1 Å². The summed E-state index contributed by atoms with van der Waals surface area (Å²) >= 11 is 0.352. The Hall–Kier alpha value is -2.37. The molecule has 232 valence electrons. The third kappa shape index (κ3) is 4.89. The van der Waals surface area contributed by atoms with Gasteiger partial charge >= 0.3 is 5.97 Å². The van der Waals surface area contributed by atoms with Gasteiger partial charge in [-0.3, -0.25) is 9.59 Å². The molecule has 1 aromatic rings. The zero-order valence-electron chi connectivity index (χ0n) is 24.7. The Bertz CT molecular complexity index is 1280. The molecular formula is C31H39F3O7S. The number of hydrogen-bond acceptors (Lipinski definition) is 8. The van der Waals surface area contributed by atoms with Crippen molar-refractivity contribution in [3.8, 4) is 0 Å². The summed E-state index contributed by atoms with van der Waals surface area (Å²) in [7, 11) is 0. The van der Waals surface area contributed by atoms with Gasteiger partial charge in [-0.1, -0.05) is 19.9 Å². The molecule has 9 atom stereocenters. The fourth-order valence-corrected chi connectivity index (χ4v) is 8.76. The highest BCUT2D eigenvalue weighted by Gasteiger charge is 2.78. The van der Waals surface area contributed by atoms with E-state index >= 15 is 8.78 Å². The van der Waals surface area contributed by atoms with Crippen LogP contribution < -0.4 is 0 Å². The maximum absolute atomic E-state index is 17.4. The number of allylic oxidation sites excluding steroid dienone is 4. The molecule has 3 fully saturated rings. The summed E-state index contributed by atoms with van der Waals surface area (Å²) in [4.78, 5) is 38.7. The number of carbonyl (C=O) groups excluding carboxylic acids is 3. The molecule has 1 aromatic heterocycles. The molecule has 4 aliphatic carbocycles. The minimum absolute atomic E-state index is 0.00739. The van der Waals surface area contributed by atoms with Gasteiger partial charge in [0, 0.05) is 22.7 Å². The monoisotopic (exact) mass is 612 g/mol. The van der Waals surface area contributed by atoms with E-state index in [9.17, 15) is 23.9 Å². The van der Waals surface area contributed by atoms with E-state index in [1.807, 2.05) is 0 Å². The van der Waals surface area contributed by atoms with Crippen molar-refractivity contribution in [3.63, 3.8) is 0 Å². The first-order valence-corrected chi connectivity index (χ1v) is 15.0. The van der Waals surface area contributed by atoms with Crippen LogP contribution in [-0.4, -0.2) is 62.2 Å².